The van der Waals surface area contributed by atoms with Gasteiger partial charge in [-0.05, 0) is 46.4 Å². The Morgan fingerprint density at radius 2 is 1.88 bits per heavy atom. The molecule has 0 radical (unpaired) electrons. The average Bonchev–Trinajstić information content (AvgIpc) is 2.19. The van der Waals surface area contributed by atoms with Gasteiger partial charge in [0.25, 0.3) is 0 Å². The second-order valence-electron chi connectivity index (χ2n) is 3.10. The number of carboxylic acid groups (broad SMARTS) is 1. The largest absolute Gasteiger partial charge is 0.477 e. The van der Waals surface area contributed by atoms with Gasteiger partial charge in [-0.15, -0.1) is 0 Å². The Bertz CT molecular complexity index is 437. The Balaban J connectivity index is 2.97. The van der Waals surface area contributed by atoms with E-state index in [9.17, 15) is 9.59 Å². The second kappa shape index (κ2) is 5.64. The molecule has 0 saturated heterocycles. The second-order valence-corrected chi connectivity index (χ2v) is 4.34. The van der Waals surface area contributed by atoms with Gasteiger partial charge in [-0.3, -0.25) is 4.79 Å². The highest BCUT2D eigenvalue weighted by Crippen LogP contribution is 2.09. The lowest BCUT2D eigenvalue weighted by atomic mass is 10.2. The highest BCUT2D eigenvalue weighted by atomic mass is 127. The van der Waals surface area contributed by atoms with Crippen LogP contribution >= 0.6 is 22.6 Å². The lowest BCUT2D eigenvalue weighted by Gasteiger charge is -2.02. The number of amides is 1. The number of nitrogens with one attached hydrogen (secondary N) is 1. The fourth-order valence-electron chi connectivity index (χ4n) is 1.07. The van der Waals surface area contributed by atoms with Crippen molar-refractivity contribution in [1.29, 1.82) is 0 Å². The number of carboxylic acids is 1. The van der Waals surface area contributed by atoms with E-state index in [0.29, 0.717) is 0 Å². The fraction of sp³-hybridized carbons (Fsp3) is 0.0909. The first kappa shape index (κ1) is 12.7. The number of carbonyl (C=O) groups is 2. The van der Waals surface area contributed by atoms with Gasteiger partial charge < -0.3 is 10.4 Å². The molecular weight excluding hydrogens is 321 g/mol. The van der Waals surface area contributed by atoms with Gasteiger partial charge in [0.05, 0.1) is 0 Å². The monoisotopic (exact) mass is 331 g/mol. The van der Waals surface area contributed by atoms with Crippen LogP contribution in [0, 0.1) is 3.57 Å². The number of carbonyl (C=O) groups excluding carboxylic acids is 1. The summed E-state index contributed by atoms with van der Waals surface area (Å²) in [5.41, 5.74) is 0.597. The molecule has 0 unspecified atom stereocenters. The number of hydrogen-bond donors (Lipinski definition) is 2. The minimum atomic E-state index is -1.16. The van der Waals surface area contributed by atoms with Crippen molar-refractivity contribution >= 4 is 40.5 Å². The van der Waals surface area contributed by atoms with E-state index in [-0.39, 0.29) is 5.70 Å². The van der Waals surface area contributed by atoms with Crippen molar-refractivity contribution in [1.82, 2.24) is 5.32 Å². The van der Waals surface area contributed by atoms with Crippen LogP contribution in [0.3, 0.4) is 0 Å². The van der Waals surface area contributed by atoms with Crippen LogP contribution in [-0.2, 0) is 9.59 Å². The van der Waals surface area contributed by atoms with Crippen LogP contribution in [0.4, 0.5) is 0 Å². The molecule has 1 aromatic carbocycles. The van der Waals surface area contributed by atoms with Crippen molar-refractivity contribution < 1.29 is 14.7 Å². The minimum absolute atomic E-state index is 0.131. The van der Waals surface area contributed by atoms with E-state index in [4.69, 9.17) is 5.11 Å². The molecule has 0 aliphatic heterocycles. The van der Waals surface area contributed by atoms with E-state index in [1.165, 1.54) is 13.0 Å². The number of benzene rings is 1. The maximum atomic E-state index is 10.8. The molecule has 0 bridgehead atoms. The van der Waals surface area contributed by atoms with Gasteiger partial charge in [0.1, 0.15) is 5.70 Å². The molecular formula is C11H10INO3. The van der Waals surface area contributed by atoms with E-state index in [2.05, 4.69) is 27.9 Å². The topological polar surface area (TPSA) is 66.4 Å². The van der Waals surface area contributed by atoms with Crippen molar-refractivity contribution in [2.45, 2.75) is 6.92 Å². The van der Waals surface area contributed by atoms with Gasteiger partial charge in [0, 0.05) is 10.5 Å². The van der Waals surface area contributed by atoms with Crippen LogP contribution in [0.25, 0.3) is 6.08 Å². The summed E-state index contributed by atoms with van der Waals surface area (Å²) in [5, 5.41) is 11.1. The summed E-state index contributed by atoms with van der Waals surface area (Å²) in [6.45, 7) is 1.27. The summed E-state index contributed by atoms with van der Waals surface area (Å²) in [5.74, 6) is -1.56. The summed E-state index contributed by atoms with van der Waals surface area (Å²) in [4.78, 5) is 21.6. The molecule has 0 fully saturated rings. The molecule has 16 heavy (non-hydrogen) atoms. The highest BCUT2D eigenvalue weighted by Gasteiger charge is 2.08. The van der Waals surface area contributed by atoms with E-state index >= 15 is 0 Å². The Morgan fingerprint density at radius 3 is 2.31 bits per heavy atom. The molecule has 0 saturated carbocycles. The zero-order valence-corrected chi connectivity index (χ0v) is 10.7. The number of hydrogen-bond acceptors (Lipinski definition) is 2. The predicted molar refractivity (Wildman–Crippen MR) is 68.6 cm³/mol. The third kappa shape index (κ3) is 4.01. The molecule has 5 heteroatoms. The van der Waals surface area contributed by atoms with Crippen LogP contribution in [0.2, 0.25) is 0 Å². The van der Waals surface area contributed by atoms with Gasteiger partial charge in [0.15, 0.2) is 0 Å². The lowest BCUT2D eigenvalue weighted by Crippen LogP contribution is -2.24. The first-order valence-corrected chi connectivity index (χ1v) is 5.55. The van der Waals surface area contributed by atoms with Gasteiger partial charge in [0.2, 0.25) is 5.91 Å². The Hall–Kier alpha value is -1.37. The normalized spacial score (nSPS) is 11.0. The summed E-state index contributed by atoms with van der Waals surface area (Å²) in [6.07, 6.45) is 1.42. The van der Waals surface area contributed by atoms with E-state index < -0.39 is 11.9 Å². The SMILES string of the molecule is CC(=O)NC(=Cc1ccc(I)cc1)C(=O)O. The lowest BCUT2D eigenvalue weighted by molar-refractivity contribution is -0.134. The molecule has 0 aliphatic carbocycles. The smallest absolute Gasteiger partial charge is 0.352 e. The predicted octanol–water partition coefficient (Wildman–Crippen LogP) is 1.85. The molecule has 1 aromatic rings. The quantitative estimate of drug-likeness (QED) is 0.656. The van der Waals surface area contributed by atoms with Crippen molar-refractivity contribution in [2.24, 2.45) is 0 Å². The van der Waals surface area contributed by atoms with Crippen molar-refractivity contribution in [3.63, 3.8) is 0 Å². The first-order chi connectivity index (χ1) is 7.49. The summed E-state index contributed by atoms with van der Waals surface area (Å²) in [7, 11) is 0. The fourth-order valence-corrected chi connectivity index (χ4v) is 1.43. The van der Waals surface area contributed by atoms with Gasteiger partial charge in [-0.1, -0.05) is 12.1 Å². The van der Waals surface area contributed by atoms with Crippen molar-refractivity contribution in [3.8, 4) is 0 Å². The Kier molecular flexibility index (Phi) is 4.48. The van der Waals surface area contributed by atoms with Crippen molar-refractivity contribution in [3.05, 3.63) is 39.1 Å². The zero-order valence-electron chi connectivity index (χ0n) is 8.53. The zero-order chi connectivity index (χ0) is 12.1. The molecule has 1 amide bonds. The molecule has 0 aliphatic rings. The van der Waals surface area contributed by atoms with Crippen LogP contribution in [0.15, 0.2) is 30.0 Å². The maximum Gasteiger partial charge on any atom is 0.352 e. The van der Waals surface area contributed by atoms with E-state index in [1.54, 1.807) is 12.1 Å². The molecule has 4 nitrogen and oxygen atoms in total. The Morgan fingerprint density at radius 1 is 1.31 bits per heavy atom. The molecule has 0 aromatic heterocycles. The van der Waals surface area contributed by atoms with Crippen LogP contribution in [0.5, 0.6) is 0 Å². The minimum Gasteiger partial charge on any atom is -0.477 e. The Labute approximate surface area is 106 Å². The molecule has 1 rings (SSSR count). The van der Waals surface area contributed by atoms with Crippen molar-refractivity contribution in [2.75, 3.05) is 0 Å². The van der Waals surface area contributed by atoms with Crippen LogP contribution in [0.1, 0.15) is 12.5 Å². The number of halogens is 1. The number of rotatable bonds is 3. The first-order valence-electron chi connectivity index (χ1n) is 4.47. The third-order valence-corrected chi connectivity index (χ3v) is 2.44. The van der Waals surface area contributed by atoms with Gasteiger partial charge in [-0.25, -0.2) is 4.79 Å². The maximum absolute atomic E-state index is 10.8. The molecule has 84 valence electrons. The van der Waals surface area contributed by atoms with E-state index in [1.807, 2.05) is 12.1 Å². The van der Waals surface area contributed by atoms with Crippen LogP contribution < -0.4 is 5.32 Å². The summed E-state index contributed by atoms with van der Waals surface area (Å²) >= 11 is 2.16. The average molecular weight is 331 g/mol. The number of aliphatic carboxylic acids is 1. The molecule has 0 heterocycles. The molecule has 2 N–H and O–H groups in total. The van der Waals surface area contributed by atoms with Crippen LogP contribution in [-0.4, -0.2) is 17.0 Å². The molecule has 0 spiro atoms. The van der Waals surface area contributed by atoms with Gasteiger partial charge >= 0.3 is 5.97 Å². The molecule has 0 atom stereocenters. The summed E-state index contributed by atoms with van der Waals surface area (Å²) in [6, 6.07) is 7.29. The standard InChI is InChI=1S/C11H10INO3/c1-7(14)13-10(11(15)16)6-8-2-4-9(12)5-3-8/h2-6H,1H3,(H,13,14)(H,15,16). The van der Waals surface area contributed by atoms with E-state index in [0.717, 1.165) is 9.13 Å². The summed E-state index contributed by atoms with van der Waals surface area (Å²) < 4.78 is 1.06. The third-order valence-electron chi connectivity index (χ3n) is 1.72. The highest BCUT2D eigenvalue weighted by molar-refractivity contribution is 14.1. The van der Waals surface area contributed by atoms with Gasteiger partial charge in [-0.2, -0.15) is 0 Å².